The molecule has 0 bridgehead atoms. The van der Waals surface area contributed by atoms with E-state index in [0.29, 0.717) is 0 Å². The Balaban J connectivity index is 2.28. The van der Waals surface area contributed by atoms with E-state index in [-0.39, 0.29) is 6.04 Å². The maximum absolute atomic E-state index is 6.32. The van der Waals surface area contributed by atoms with E-state index < -0.39 is 0 Å². The summed E-state index contributed by atoms with van der Waals surface area (Å²) in [6, 6.07) is 10.5. The molecule has 1 unspecified atom stereocenters. The fourth-order valence-corrected chi connectivity index (χ4v) is 2.78. The zero-order valence-electron chi connectivity index (χ0n) is 12.8. The summed E-state index contributed by atoms with van der Waals surface area (Å²) < 4.78 is 0. The zero-order chi connectivity index (χ0) is 15.1. The molecule has 0 saturated carbocycles. The number of aromatic nitrogens is 1. The molecule has 0 fully saturated rings. The summed E-state index contributed by atoms with van der Waals surface area (Å²) in [4.78, 5) is 4.25. The first-order valence-electron chi connectivity index (χ1n) is 7.65. The molecule has 21 heavy (non-hydrogen) atoms. The number of nitrogens with zero attached hydrogens (tertiary/aromatic N) is 1. The number of halogens is 1. The van der Waals surface area contributed by atoms with Crippen LogP contribution in [-0.4, -0.2) is 11.5 Å². The van der Waals surface area contributed by atoms with Crippen molar-refractivity contribution in [2.45, 2.75) is 39.2 Å². The Bertz CT molecular complexity index is 569. The van der Waals surface area contributed by atoms with Gasteiger partial charge in [-0.1, -0.05) is 43.6 Å². The normalized spacial score (nSPS) is 12.3. The number of nitrogens with one attached hydrogen (secondary N) is 1. The molecule has 1 heterocycles. The van der Waals surface area contributed by atoms with Gasteiger partial charge in [-0.05, 0) is 54.6 Å². The van der Waals surface area contributed by atoms with Crippen LogP contribution in [0.1, 0.15) is 43.0 Å². The van der Waals surface area contributed by atoms with Crippen molar-refractivity contribution in [3.8, 4) is 0 Å². The number of benzene rings is 1. The lowest BCUT2D eigenvalue weighted by atomic mass is 9.95. The number of hydrogen-bond donors (Lipinski definition) is 1. The van der Waals surface area contributed by atoms with Crippen molar-refractivity contribution in [1.82, 2.24) is 10.3 Å². The topological polar surface area (TPSA) is 24.9 Å². The van der Waals surface area contributed by atoms with Crippen molar-refractivity contribution in [3.05, 3.63) is 64.4 Å². The molecule has 0 spiro atoms. The first-order valence-corrected chi connectivity index (χ1v) is 8.03. The van der Waals surface area contributed by atoms with Crippen LogP contribution in [0.2, 0.25) is 5.02 Å². The molecular weight excluding hydrogens is 280 g/mol. The lowest BCUT2D eigenvalue weighted by molar-refractivity contribution is 0.525. The van der Waals surface area contributed by atoms with Crippen LogP contribution in [0.15, 0.2) is 42.7 Å². The fourth-order valence-electron chi connectivity index (χ4n) is 2.57. The number of aryl methyl sites for hydroxylation is 1. The van der Waals surface area contributed by atoms with E-state index in [1.165, 1.54) is 16.7 Å². The highest BCUT2D eigenvalue weighted by atomic mass is 35.5. The summed E-state index contributed by atoms with van der Waals surface area (Å²) in [5.41, 5.74) is 3.82. The number of rotatable bonds is 7. The molecule has 2 nitrogen and oxygen atoms in total. The second-order valence-corrected chi connectivity index (χ2v) is 5.64. The molecule has 1 atom stereocenters. The summed E-state index contributed by atoms with van der Waals surface area (Å²) in [6.45, 7) is 5.36. The van der Waals surface area contributed by atoms with Crippen LogP contribution < -0.4 is 5.32 Å². The van der Waals surface area contributed by atoms with Gasteiger partial charge in [-0.25, -0.2) is 0 Å². The number of pyridine rings is 1. The Kier molecular flexibility index (Phi) is 6.21. The Hall–Kier alpha value is -1.38. The van der Waals surface area contributed by atoms with Gasteiger partial charge in [0.25, 0.3) is 0 Å². The largest absolute Gasteiger partial charge is 0.310 e. The molecule has 2 rings (SSSR count). The van der Waals surface area contributed by atoms with E-state index in [1.807, 2.05) is 30.6 Å². The highest BCUT2D eigenvalue weighted by Gasteiger charge is 2.16. The highest BCUT2D eigenvalue weighted by Crippen LogP contribution is 2.25. The first-order chi connectivity index (χ1) is 10.3. The van der Waals surface area contributed by atoms with Crippen LogP contribution in [-0.2, 0) is 12.8 Å². The standard InChI is InChI=1S/C18H23ClN2/c1-3-10-21-18(12-15-7-5-6-8-17(15)19)16-9-11-20-13-14(16)4-2/h5-9,11,13,18,21H,3-4,10,12H2,1-2H3. The van der Waals surface area contributed by atoms with Crippen molar-refractivity contribution in [1.29, 1.82) is 0 Å². The van der Waals surface area contributed by atoms with Gasteiger partial charge in [-0.3, -0.25) is 4.98 Å². The molecule has 0 radical (unpaired) electrons. The average molecular weight is 303 g/mol. The minimum absolute atomic E-state index is 0.280. The second-order valence-electron chi connectivity index (χ2n) is 5.23. The number of hydrogen-bond acceptors (Lipinski definition) is 2. The Morgan fingerprint density at radius 2 is 1.95 bits per heavy atom. The Morgan fingerprint density at radius 3 is 2.67 bits per heavy atom. The summed E-state index contributed by atoms with van der Waals surface area (Å²) in [6.07, 6.45) is 6.86. The molecule has 1 N–H and O–H groups in total. The lowest BCUT2D eigenvalue weighted by Gasteiger charge is -2.22. The van der Waals surface area contributed by atoms with Gasteiger partial charge in [-0.2, -0.15) is 0 Å². The molecular formula is C18H23ClN2. The van der Waals surface area contributed by atoms with Gasteiger partial charge in [0.1, 0.15) is 0 Å². The molecule has 2 aromatic rings. The van der Waals surface area contributed by atoms with E-state index in [9.17, 15) is 0 Å². The Labute approximate surface area is 132 Å². The first kappa shape index (κ1) is 16.0. The van der Waals surface area contributed by atoms with E-state index in [4.69, 9.17) is 11.6 Å². The monoisotopic (exact) mass is 302 g/mol. The van der Waals surface area contributed by atoms with E-state index in [0.717, 1.165) is 30.8 Å². The minimum atomic E-state index is 0.280. The molecule has 0 aliphatic carbocycles. The quantitative estimate of drug-likeness (QED) is 0.809. The summed E-state index contributed by atoms with van der Waals surface area (Å²) >= 11 is 6.32. The van der Waals surface area contributed by atoms with Crippen LogP contribution in [0, 0.1) is 0 Å². The zero-order valence-corrected chi connectivity index (χ0v) is 13.5. The molecule has 0 aliphatic heterocycles. The summed E-state index contributed by atoms with van der Waals surface area (Å²) in [5, 5.41) is 4.49. The van der Waals surface area contributed by atoms with E-state index in [2.05, 4.69) is 36.3 Å². The third-order valence-corrected chi connectivity index (χ3v) is 4.09. The molecule has 0 saturated heterocycles. The van der Waals surface area contributed by atoms with Gasteiger partial charge in [0.05, 0.1) is 0 Å². The third kappa shape index (κ3) is 4.29. The molecule has 1 aromatic heterocycles. The second kappa shape index (κ2) is 8.16. The predicted molar refractivity (Wildman–Crippen MR) is 89.8 cm³/mol. The van der Waals surface area contributed by atoms with E-state index in [1.54, 1.807) is 0 Å². The third-order valence-electron chi connectivity index (χ3n) is 3.72. The SMILES string of the molecule is CCCNC(Cc1ccccc1Cl)c1ccncc1CC. The molecule has 0 aliphatic rings. The summed E-state index contributed by atoms with van der Waals surface area (Å²) in [7, 11) is 0. The van der Waals surface area contributed by atoms with Crippen molar-refractivity contribution in [2.24, 2.45) is 0 Å². The van der Waals surface area contributed by atoms with Crippen LogP contribution in [0.25, 0.3) is 0 Å². The van der Waals surface area contributed by atoms with Gasteiger partial charge in [0.2, 0.25) is 0 Å². The van der Waals surface area contributed by atoms with Gasteiger partial charge in [0, 0.05) is 23.5 Å². The molecule has 0 amide bonds. The maximum Gasteiger partial charge on any atom is 0.0438 e. The van der Waals surface area contributed by atoms with Gasteiger partial charge in [-0.15, -0.1) is 0 Å². The van der Waals surface area contributed by atoms with Gasteiger partial charge < -0.3 is 5.32 Å². The predicted octanol–water partition coefficient (Wildman–Crippen LogP) is 4.58. The molecule has 3 heteroatoms. The van der Waals surface area contributed by atoms with Crippen LogP contribution in [0.5, 0.6) is 0 Å². The molecule has 112 valence electrons. The van der Waals surface area contributed by atoms with Crippen molar-refractivity contribution in [2.75, 3.05) is 6.54 Å². The van der Waals surface area contributed by atoms with Gasteiger partial charge in [0.15, 0.2) is 0 Å². The van der Waals surface area contributed by atoms with Gasteiger partial charge >= 0.3 is 0 Å². The minimum Gasteiger partial charge on any atom is -0.310 e. The van der Waals surface area contributed by atoms with Crippen LogP contribution >= 0.6 is 11.6 Å². The lowest BCUT2D eigenvalue weighted by Crippen LogP contribution is -2.25. The molecule has 1 aromatic carbocycles. The van der Waals surface area contributed by atoms with Crippen molar-refractivity contribution < 1.29 is 0 Å². The van der Waals surface area contributed by atoms with E-state index >= 15 is 0 Å². The van der Waals surface area contributed by atoms with Crippen molar-refractivity contribution >= 4 is 11.6 Å². The van der Waals surface area contributed by atoms with Crippen LogP contribution in [0.3, 0.4) is 0 Å². The summed E-state index contributed by atoms with van der Waals surface area (Å²) in [5.74, 6) is 0. The maximum atomic E-state index is 6.32. The van der Waals surface area contributed by atoms with Crippen molar-refractivity contribution in [3.63, 3.8) is 0 Å². The Morgan fingerprint density at radius 1 is 1.14 bits per heavy atom. The van der Waals surface area contributed by atoms with Crippen LogP contribution in [0.4, 0.5) is 0 Å². The highest BCUT2D eigenvalue weighted by molar-refractivity contribution is 6.31. The smallest absolute Gasteiger partial charge is 0.0438 e. The average Bonchev–Trinajstić information content (AvgIpc) is 2.53. The fraction of sp³-hybridized carbons (Fsp3) is 0.389.